The molecule has 0 atom stereocenters. The van der Waals surface area contributed by atoms with Crippen LogP contribution in [-0.4, -0.2) is 25.8 Å². The highest BCUT2D eigenvalue weighted by Gasteiger charge is 2.20. The van der Waals surface area contributed by atoms with Crippen molar-refractivity contribution in [3.63, 3.8) is 0 Å². The molecule has 4 nitrogen and oxygen atoms in total. The molecule has 1 aliphatic carbocycles. The summed E-state index contributed by atoms with van der Waals surface area (Å²) in [5.74, 6) is 1.31. The van der Waals surface area contributed by atoms with E-state index in [1.807, 2.05) is 6.92 Å². The highest BCUT2D eigenvalue weighted by atomic mass is 35.5. The van der Waals surface area contributed by atoms with Gasteiger partial charge in [0.05, 0.1) is 6.61 Å². The van der Waals surface area contributed by atoms with Crippen LogP contribution in [0.15, 0.2) is 0 Å². The van der Waals surface area contributed by atoms with E-state index in [2.05, 4.69) is 5.32 Å². The van der Waals surface area contributed by atoms with Crippen LogP contribution in [0.1, 0.15) is 32.6 Å². The lowest BCUT2D eigenvalue weighted by atomic mass is 9.82. The fourth-order valence-electron chi connectivity index (χ4n) is 2.08. The van der Waals surface area contributed by atoms with Crippen LogP contribution >= 0.6 is 12.4 Å². The zero-order valence-corrected chi connectivity index (χ0v) is 10.7. The summed E-state index contributed by atoms with van der Waals surface area (Å²) in [4.78, 5) is 11.1. The summed E-state index contributed by atoms with van der Waals surface area (Å²) < 4.78 is 4.81. The van der Waals surface area contributed by atoms with E-state index in [-0.39, 0.29) is 18.5 Å². The van der Waals surface area contributed by atoms with E-state index in [0.29, 0.717) is 18.4 Å². The molecule has 0 radical (unpaired) electrons. The van der Waals surface area contributed by atoms with Crippen LogP contribution < -0.4 is 11.1 Å². The third-order valence-electron chi connectivity index (χ3n) is 3.11. The number of alkyl carbamates (subject to hydrolysis) is 1. The van der Waals surface area contributed by atoms with Gasteiger partial charge in [-0.15, -0.1) is 12.4 Å². The molecule has 0 aromatic rings. The lowest BCUT2D eigenvalue weighted by molar-refractivity contribution is 0.148. The highest BCUT2D eigenvalue weighted by molar-refractivity contribution is 5.85. The zero-order chi connectivity index (χ0) is 11.1. The largest absolute Gasteiger partial charge is 0.450 e. The molecule has 0 saturated heterocycles. The number of halogens is 1. The van der Waals surface area contributed by atoms with Gasteiger partial charge in [-0.05, 0) is 51.0 Å². The van der Waals surface area contributed by atoms with E-state index < -0.39 is 0 Å². The average molecular weight is 251 g/mol. The molecule has 16 heavy (non-hydrogen) atoms. The molecule has 0 bridgehead atoms. The van der Waals surface area contributed by atoms with Crippen molar-refractivity contribution in [3.05, 3.63) is 0 Å². The van der Waals surface area contributed by atoms with Crippen LogP contribution in [0.3, 0.4) is 0 Å². The standard InChI is InChI=1S/C11H22N2O2.ClH/c1-2-15-11(14)13-8-10-5-3-9(7-12)4-6-10;/h9-10H,2-8,12H2,1H3,(H,13,14);1H. The first-order chi connectivity index (χ1) is 7.26. The summed E-state index contributed by atoms with van der Waals surface area (Å²) >= 11 is 0. The highest BCUT2D eigenvalue weighted by Crippen LogP contribution is 2.27. The minimum Gasteiger partial charge on any atom is -0.450 e. The second-order valence-corrected chi connectivity index (χ2v) is 4.22. The Bertz CT molecular complexity index is 194. The monoisotopic (exact) mass is 250 g/mol. The zero-order valence-electron chi connectivity index (χ0n) is 9.91. The second-order valence-electron chi connectivity index (χ2n) is 4.22. The van der Waals surface area contributed by atoms with Gasteiger partial charge in [-0.2, -0.15) is 0 Å². The molecular weight excluding hydrogens is 228 g/mol. The molecule has 0 heterocycles. The SMILES string of the molecule is CCOC(=O)NCC1CCC(CN)CC1.Cl. The maximum Gasteiger partial charge on any atom is 0.407 e. The molecule has 1 saturated carbocycles. The molecule has 1 aliphatic rings. The van der Waals surface area contributed by atoms with Crippen LogP contribution in [0.2, 0.25) is 0 Å². The van der Waals surface area contributed by atoms with Crippen molar-refractivity contribution in [2.45, 2.75) is 32.6 Å². The molecule has 0 aliphatic heterocycles. The third-order valence-corrected chi connectivity index (χ3v) is 3.11. The Morgan fingerprint density at radius 3 is 2.38 bits per heavy atom. The number of ether oxygens (including phenoxy) is 1. The topological polar surface area (TPSA) is 64.3 Å². The van der Waals surface area contributed by atoms with Crippen LogP contribution in [0, 0.1) is 11.8 Å². The van der Waals surface area contributed by atoms with E-state index in [1.165, 1.54) is 25.7 Å². The van der Waals surface area contributed by atoms with Crippen LogP contribution in [0.4, 0.5) is 4.79 Å². The van der Waals surface area contributed by atoms with Crippen molar-refractivity contribution >= 4 is 18.5 Å². The van der Waals surface area contributed by atoms with Gasteiger partial charge in [0.15, 0.2) is 0 Å². The van der Waals surface area contributed by atoms with E-state index in [1.54, 1.807) is 0 Å². The third kappa shape index (κ3) is 5.56. The summed E-state index contributed by atoms with van der Waals surface area (Å²) in [7, 11) is 0. The Morgan fingerprint density at radius 1 is 1.31 bits per heavy atom. The van der Waals surface area contributed by atoms with Crippen molar-refractivity contribution in [1.82, 2.24) is 5.32 Å². The number of carbonyl (C=O) groups is 1. The van der Waals surface area contributed by atoms with Crippen molar-refractivity contribution in [1.29, 1.82) is 0 Å². The summed E-state index contributed by atoms with van der Waals surface area (Å²) in [5, 5.41) is 2.79. The first kappa shape index (κ1) is 15.5. The van der Waals surface area contributed by atoms with Crippen molar-refractivity contribution < 1.29 is 9.53 Å². The van der Waals surface area contributed by atoms with Crippen LogP contribution in [0.25, 0.3) is 0 Å². The summed E-state index contributed by atoms with van der Waals surface area (Å²) in [6.07, 6.45) is 4.46. The molecule has 0 aromatic heterocycles. The first-order valence-corrected chi connectivity index (χ1v) is 5.87. The molecule has 0 spiro atoms. The van der Waals surface area contributed by atoms with Gasteiger partial charge in [-0.3, -0.25) is 0 Å². The van der Waals surface area contributed by atoms with Gasteiger partial charge in [0, 0.05) is 6.54 Å². The molecule has 5 heteroatoms. The minimum atomic E-state index is -0.293. The number of nitrogens with two attached hydrogens (primary N) is 1. The van der Waals surface area contributed by atoms with Gasteiger partial charge in [-0.1, -0.05) is 0 Å². The number of rotatable bonds is 4. The fourth-order valence-corrected chi connectivity index (χ4v) is 2.08. The number of nitrogens with one attached hydrogen (secondary N) is 1. The smallest absolute Gasteiger partial charge is 0.407 e. The van der Waals surface area contributed by atoms with Gasteiger partial charge in [-0.25, -0.2) is 4.79 Å². The Kier molecular flexibility index (Phi) is 8.39. The quantitative estimate of drug-likeness (QED) is 0.801. The lowest BCUT2D eigenvalue weighted by Crippen LogP contribution is -2.32. The summed E-state index contributed by atoms with van der Waals surface area (Å²) in [5.41, 5.74) is 5.62. The molecule has 0 aromatic carbocycles. The normalized spacial score (nSPS) is 24.4. The second kappa shape index (κ2) is 8.65. The fraction of sp³-hybridized carbons (Fsp3) is 0.909. The summed E-state index contributed by atoms with van der Waals surface area (Å²) in [6.45, 7) is 3.80. The van der Waals surface area contributed by atoms with Gasteiger partial charge < -0.3 is 15.8 Å². The minimum absolute atomic E-state index is 0. The molecule has 96 valence electrons. The van der Waals surface area contributed by atoms with Crippen molar-refractivity contribution in [2.24, 2.45) is 17.6 Å². The lowest BCUT2D eigenvalue weighted by Gasteiger charge is -2.27. The van der Waals surface area contributed by atoms with E-state index >= 15 is 0 Å². The molecule has 0 unspecified atom stereocenters. The van der Waals surface area contributed by atoms with Crippen LogP contribution in [-0.2, 0) is 4.74 Å². The Hall–Kier alpha value is -0.480. The maximum atomic E-state index is 11.1. The Balaban J connectivity index is 0.00000225. The first-order valence-electron chi connectivity index (χ1n) is 5.87. The molecule has 3 N–H and O–H groups in total. The van der Waals surface area contributed by atoms with Crippen molar-refractivity contribution in [2.75, 3.05) is 19.7 Å². The number of hydrogen-bond donors (Lipinski definition) is 2. The average Bonchev–Trinajstić information content (AvgIpc) is 2.27. The van der Waals surface area contributed by atoms with Gasteiger partial charge in [0.2, 0.25) is 0 Å². The predicted octanol–water partition coefficient (Wildman–Crippen LogP) is 1.92. The Morgan fingerprint density at radius 2 is 1.88 bits per heavy atom. The van der Waals surface area contributed by atoms with E-state index in [0.717, 1.165) is 13.1 Å². The van der Waals surface area contributed by atoms with Gasteiger partial charge in [0.25, 0.3) is 0 Å². The van der Waals surface area contributed by atoms with Crippen LogP contribution in [0.5, 0.6) is 0 Å². The molecule has 1 rings (SSSR count). The molecule has 1 amide bonds. The maximum absolute atomic E-state index is 11.1. The van der Waals surface area contributed by atoms with E-state index in [9.17, 15) is 4.79 Å². The number of amides is 1. The number of carbonyl (C=O) groups excluding carboxylic acids is 1. The predicted molar refractivity (Wildman–Crippen MR) is 66.8 cm³/mol. The number of hydrogen-bond acceptors (Lipinski definition) is 3. The van der Waals surface area contributed by atoms with Gasteiger partial charge >= 0.3 is 6.09 Å². The van der Waals surface area contributed by atoms with Gasteiger partial charge in [0.1, 0.15) is 0 Å². The van der Waals surface area contributed by atoms with E-state index in [4.69, 9.17) is 10.5 Å². The molecular formula is C11H23ClN2O2. The Labute approximate surface area is 104 Å². The molecule has 1 fully saturated rings. The van der Waals surface area contributed by atoms with Crippen molar-refractivity contribution in [3.8, 4) is 0 Å². The summed E-state index contributed by atoms with van der Waals surface area (Å²) in [6, 6.07) is 0.